The number of carbonyl (C=O) groups excluding carboxylic acids is 1. The van der Waals surface area contributed by atoms with Crippen molar-refractivity contribution in [1.29, 1.82) is 5.26 Å². The minimum absolute atomic E-state index is 0.0478. The molecule has 41 heavy (non-hydrogen) atoms. The SMILES string of the molecule is CN1C(N)=N[C@](C)(c2nc(NC(=O)c3ccc(C#N)cn3)ccc2F)C[S@@]1(=O)=NCC(F)(F)F.O=C(O)C(F)(F)F. The monoisotopic (exact) mass is 612 g/mol. The number of hydrogen-bond donors (Lipinski definition) is 3. The molecule has 1 aliphatic rings. The number of rotatable bonds is 4. The maximum absolute atomic E-state index is 14.7. The molecule has 2 atom stereocenters. The molecule has 1 aliphatic heterocycles. The second kappa shape index (κ2) is 11.9. The number of carboxylic acids is 1. The van der Waals surface area contributed by atoms with Crippen LogP contribution in [0.25, 0.3) is 0 Å². The van der Waals surface area contributed by atoms with Crippen LogP contribution in [0.2, 0.25) is 0 Å². The molecule has 222 valence electrons. The highest BCUT2D eigenvalue weighted by molar-refractivity contribution is 7.92. The molecule has 12 nitrogen and oxygen atoms in total. The average molecular weight is 612 g/mol. The molecule has 0 bridgehead atoms. The second-order valence-corrected chi connectivity index (χ2v) is 10.5. The molecule has 3 rings (SSSR count). The molecule has 0 saturated carbocycles. The van der Waals surface area contributed by atoms with Gasteiger partial charge in [0.25, 0.3) is 5.91 Å². The highest BCUT2D eigenvalue weighted by atomic mass is 32.2. The number of carbonyl (C=O) groups is 2. The molecule has 2 aromatic heterocycles. The van der Waals surface area contributed by atoms with Gasteiger partial charge in [-0.15, -0.1) is 0 Å². The fourth-order valence-corrected chi connectivity index (χ4v) is 5.13. The van der Waals surface area contributed by atoms with Gasteiger partial charge in [0.15, 0.2) is 0 Å². The molecular formula is C21H19F7N8O4S. The Balaban J connectivity index is 0.000000745. The summed E-state index contributed by atoms with van der Waals surface area (Å²) < 4.78 is 102. The lowest BCUT2D eigenvalue weighted by Crippen LogP contribution is -2.51. The Morgan fingerprint density at radius 3 is 2.34 bits per heavy atom. The zero-order valence-electron chi connectivity index (χ0n) is 20.8. The first kappa shape index (κ1) is 32.7. The smallest absolute Gasteiger partial charge is 0.475 e. The topological polar surface area (TPSA) is 187 Å². The lowest BCUT2D eigenvalue weighted by molar-refractivity contribution is -0.192. The summed E-state index contributed by atoms with van der Waals surface area (Å²) >= 11 is 0. The van der Waals surface area contributed by atoms with Gasteiger partial charge in [0.2, 0.25) is 5.96 Å². The Labute approximate surface area is 227 Å². The van der Waals surface area contributed by atoms with Gasteiger partial charge < -0.3 is 16.2 Å². The summed E-state index contributed by atoms with van der Waals surface area (Å²) in [6.45, 7) is -0.391. The Morgan fingerprint density at radius 1 is 1.24 bits per heavy atom. The zero-order chi connectivity index (χ0) is 31.4. The normalized spacial score (nSPS) is 20.6. The highest BCUT2D eigenvalue weighted by Crippen LogP contribution is 2.34. The Hall–Kier alpha value is -4.54. The van der Waals surface area contributed by atoms with Crippen molar-refractivity contribution in [3.05, 3.63) is 53.2 Å². The molecule has 0 spiro atoms. The van der Waals surface area contributed by atoms with Crippen LogP contribution >= 0.6 is 0 Å². The van der Waals surface area contributed by atoms with E-state index >= 15 is 0 Å². The van der Waals surface area contributed by atoms with Crippen LogP contribution in [0.1, 0.15) is 28.7 Å². The molecule has 4 N–H and O–H groups in total. The van der Waals surface area contributed by atoms with Crippen molar-refractivity contribution in [3.63, 3.8) is 0 Å². The molecule has 0 aliphatic carbocycles. The summed E-state index contributed by atoms with van der Waals surface area (Å²) in [7, 11) is -2.58. The van der Waals surface area contributed by atoms with Crippen molar-refractivity contribution < 1.29 is 49.6 Å². The summed E-state index contributed by atoms with van der Waals surface area (Å²) in [4.78, 5) is 33.3. The lowest BCUT2D eigenvalue weighted by Gasteiger charge is -2.36. The van der Waals surface area contributed by atoms with Crippen molar-refractivity contribution in [3.8, 4) is 6.07 Å². The Bertz CT molecular complexity index is 1510. The molecule has 1 amide bonds. The number of aliphatic imine (C=N–C) groups is 1. The van der Waals surface area contributed by atoms with E-state index in [1.807, 2.05) is 6.07 Å². The van der Waals surface area contributed by atoms with E-state index in [2.05, 4.69) is 24.6 Å². The quantitative estimate of drug-likeness (QED) is 0.440. The van der Waals surface area contributed by atoms with Gasteiger partial charge in [-0.1, -0.05) is 0 Å². The van der Waals surface area contributed by atoms with Gasteiger partial charge in [-0.05, 0) is 31.2 Å². The summed E-state index contributed by atoms with van der Waals surface area (Å²) in [5, 5.41) is 18.3. The number of pyridine rings is 2. The van der Waals surface area contributed by atoms with E-state index in [9.17, 15) is 39.7 Å². The number of aliphatic carboxylic acids is 1. The van der Waals surface area contributed by atoms with Crippen LogP contribution in [-0.4, -0.2) is 73.1 Å². The van der Waals surface area contributed by atoms with Gasteiger partial charge in [0.1, 0.15) is 51.1 Å². The predicted octanol–water partition coefficient (Wildman–Crippen LogP) is 2.79. The minimum Gasteiger partial charge on any atom is -0.475 e. The van der Waals surface area contributed by atoms with Gasteiger partial charge in [-0.25, -0.2) is 32.7 Å². The van der Waals surface area contributed by atoms with E-state index in [4.69, 9.17) is 20.9 Å². The Morgan fingerprint density at radius 2 is 1.85 bits per heavy atom. The molecule has 0 saturated heterocycles. The van der Waals surface area contributed by atoms with Crippen molar-refractivity contribution in [1.82, 2.24) is 14.3 Å². The van der Waals surface area contributed by atoms with Crippen LogP contribution in [0.5, 0.6) is 0 Å². The number of anilines is 1. The largest absolute Gasteiger partial charge is 0.490 e. The number of nitrogens with one attached hydrogen (secondary N) is 1. The summed E-state index contributed by atoms with van der Waals surface area (Å²) in [5.74, 6) is -5.55. The van der Waals surface area contributed by atoms with E-state index in [1.165, 1.54) is 32.3 Å². The molecule has 0 unspecified atom stereocenters. The number of guanidine groups is 1. The van der Waals surface area contributed by atoms with Crippen LogP contribution in [0.15, 0.2) is 39.8 Å². The van der Waals surface area contributed by atoms with Gasteiger partial charge >= 0.3 is 18.3 Å². The number of hydrogen-bond acceptors (Lipinski definition) is 9. The maximum atomic E-state index is 14.7. The van der Waals surface area contributed by atoms with Crippen molar-refractivity contribution in [2.24, 2.45) is 15.1 Å². The lowest BCUT2D eigenvalue weighted by atomic mass is 10.00. The average Bonchev–Trinajstić information content (AvgIpc) is 2.86. The number of nitrogens with zero attached hydrogens (tertiary/aromatic N) is 6. The number of alkyl halides is 6. The van der Waals surface area contributed by atoms with E-state index in [0.29, 0.717) is 0 Å². The number of halogens is 7. The summed E-state index contributed by atoms with van der Waals surface area (Å²) in [6.07, 6.45) is -8.60. The zero-order valence-corrected chi connectivity index (χ0v) is 21.6. The minimum atomic E-state index is -5.08. The number of nitrogens with two attached hydrogens (primary N) is 1. The first-order chi connectivity index (χ1) is 18.7. The number of nitriles is 1. The molecule has 3 heterocycles. The standard InChI is InChI=1S/C19H18F4N8O2S.C2HF3O2/c1-18(10-34(33,27-9-19(21,22)23)31(2)17(25)30-18)15-12(20)4-6-14(28-15)29-16(32)13-5-3-11(7-24)8-26-13;3-2(4,5)1(6)7/h3-6,8H,9-10H2,1-2H3,(H2,25,30)(H,28,29,32);(H,6,7)/t18-,34+;/m0./s1. The number of aromatic nitrogens is 2. The molecule has 0 fully saturated rings. The maximum Gasteiger partial charge on any atom is 0.490 e. The van der Waals surface area contributed by atoms with E-state index in [0.717, 1.165) is 16.4 Å². The highest BCUT2D eigenvalue weighted by Gasteiger charge is 2.43. The van der Waals surface area contributed by atoms with Crippen LogP contribution in [0.3, 0.4) is 0 Å². The molecule has 0 radical (unpaired) electrons. The fraction of sp³-hybridized carbons (Fsp3) is 0.333. The number of carboxylic acid groups (broad SMARTS) is 1. The third-order valence-electron chi connectivity index (χ3n) is 4.99. The van der Waals surface area contributed by atoms with Crippen molar-refractivity contribution >= 4 is 33.6 Å². The van der Waals surface area contributed by atoms with Gasteiger partial charge in [-0.2, -0.15) is 31.6 Å². The van der Waals surface area contributed by atoms with Crippen LogP contribution in [-0.2, 0) is 20.2 Å². The summed E-state index contributed by atoms with van der Waals surface area (Å²) in [6, 6.07) is 6.66. The van der Waals surface area contributed by atoms with Crippen molar-refractivity contribution in [2.75, 3.05) is 24.7 Å². The van der Waals surface area contributed by atoms with Crippen molar-refractivity contribution in [2.45, 2.75) is 24.8 Å². The molecule has 2 aromatic rings. The molecule has 0 aromatic carbocycles. The van der Waals surface area contributed by atoms with Gasteiger partial charge in [0.05, 0.1) is 11.3 Å². The Kier molecular flexibility index (Phi) is 9.49. The third-order valence-corrected chi connectivity index (χ3v) is 7.51. The first-order valence-corrected chi connectivity index (χ1v) is 12.4. The third kappa shape index (κ3) is 8.47. The van der Waals surface area contributed by atoms with E-state index < -0.39 is 69.5 Å². The number of amides is 1. The predicted molar refractivity (Wildman–Crippen MR) is 128 cm³/mol. The molecular weight excluding hydrogens is 593 g/mol. The van der Waals surface area contributed by atoms with Crippen LogP contribution < -0.4 is 11.1 Å². The first-order valence-electron chi connectivity index (χ1n) is 10.7. The summed E-state index contributed by atoms with van der Waals surface area (Å²) in [5.41, 5.74) is 3.82. The molecule has 20 heteroatoms. The van der Waals surface area contributed by atoms with Gasteiger partial charge in [-0.3, -0.25) is 9.10 Å². The second-order valence-electron chi connectivity index (χ2n) is 8.22. The van der Waals surface area contributed by atoms with E-state index in [-0.39, 0.29) is 17.1 Å². The van der Waals surface area contributed by atoms with Gasteiger partial charge in [0, 0.05) is 13.2 Å². The van der Waals surface area contributed by atoms with Crippen LogP contribution in [0, 0.1) is 17.1 Å². The fourth-order valence-electron chi connectivity index (χ4n) is 3.06. The van der Waals surface area contributed by atoms with E-state index in [1.54, 1.807) is 0 Å². The van der Waals surface area contributed by atoms with Crippen LogP contribution in [0.4, 0.5) is 36.6 Å².